The van der Waals surface area contributed by atoms with Crippen LogP contribution in [-0.2, 0) is 25.5 Å². The van der Waals surface area contributed by atoms with Gasteiger partial charge in [-0.15, -0.1) is 13.2 Å². The lowest BCUT2D eigenvalue weighted by Crippen LogP contribution is -2.59. The summed E-state index contributed by atoms with van der Waals surface area (Å²) in [4.78, 5) is 41.3. The van der Waals surface area contributed by atoms with Crippen LogP contribution in [0.3, 0.4) is 0 Å². The number of likely N-dealkylation sites (N-methyl/N-ethyl adjacent to an activating group) is 1. The highest BCUT2D eigenvalue weighted by molar-refractivity contribution is 5.94. The molecule has 0 aromatic heterocycles. The zero-order valence-corrected chi connectivity index (χ0v) is 21.1. The molecule has 0 saturated carbocycles. The number of nitrogens with zero attached hydrogens (tertiary/aromatic N) is 1. The molecule has 0 radical (unpaired) electrons. The topological polar surface area (TPSA) is 99.8 Å². The monoisotopic (exact) mass is 524 g/mol. The highest BCUT2D eigenvalue weighted by Crippen LogP contribution is 2.35. The average molecular weight is 525 g/mol. The van der Waals surface area contributed by atoms with Crippen molar-refractivity contribution < 1.29 is 32.3 Å². The van der Waals surface area contributed by atoms with Crippen molar-refractivity contribution in [2.24, 2.45) is 0 Å². The van der Waals surface area contributed by atoms with E-state index in [2.05, 4.69) is 26.8 Å². The number of fused-ring (bicyclic) bond motifs is 2. The molecule has 0 spiro atoms. The van der Waals surface area contributed by atoms with Gasteiger partial charge in [0.15, 0.2) is 0 Å². The molecule has 3 aliphatic rings. The summed E-state index contributed by atoms with van der Waals surface area (Å²) >= 11 is 0. The Morgan fingerprint density at radius 3 is 2.51 bits per heavy atom. The number of benzene rings is 1. The van der Waals surface area contributed by atoms with Gasteiger partial charge in [-0.1, -0.05) is 24.3 Å². The number of carbonyl (C=O) groups excluding carboxylic acids is 3. The molecule has 1 aromatic carbocycles. The van der Waals surface area contributed by atoms with Crippen LogP contribution in [0.1, 0.15) is 69.0 Å². The van der Waals surface area contributed by atoms with Crippen LogP contribution in [0.4, 0.5) is 13.2 Å². The number of nitrogens with one attached hydrogen (secondary N) is 3. The molecule has 37 heavy (non-hydrogen) atoms. The van der Waals surface area contributed by atoms with Gasteiger partial charge in [0.1, 0.15) is 12.1 Å². The van der Waals surface area contributed by atoms with Gasteiger partial charge in [0.05, 0.1) is 18.2 Å². The Morgan fingerprint density at radius 1 is 1.05 bits per heavy atom. The molecule has 11 heteroatoms. The van der Waals surface area contributed by atoms with Crippen LogP contribution >= 0.6 is 0 Å². The Hall–Kier alpha value is -2.66. The van der Waals surface area contributed by atoms with Crippen LogP contribution in [0.2, 0.25) is 0 Å². The molecule has 3 N–H and O–H groups in total. The number of halogens is 3. The Labute approximate surface area is 214 Å². The van der Waals surface area contributed by atoms with Crippen molar-refractivity contribution in [3.63, 3.8) is 0 Å². The Balaban J connectivity index is 1.54. The summed E-state index contributed by atoms with van der Waals surface area (Å²) in [5, 5.41) is 8.48. The lowest BCUT2D eigenvalue weighted by Gasteiger charge is -2.38. The number of ether oxygens (including phenoxy) is 1. The summed E-state index contributed by atoms with van der Waals surface area (Å²) < 4.78 is 43.4. The summed E-state index contributed by atoms with van der Waals surface area (Å²) in [6.07, 6.45) is -2.50. The third-order valence-corrected chi connectivity index (χ3v) is 7.81. The maximum Gasteiger partial charge on any atom is 0.522 e. The summed E-state index contributed by atoms with van der Waals surface area (Å²) in [5.74, 6) is -1.32. The number of rotatable bonds is 6. The first kappa shape index (κ1) is 27.4. The van der Waals surface area contributed by atoms with Crippen LogP contribution in [0.5, 0.6) is 0 Å². The molecule has 2 fully saturated rings. The first-order chi connectivity index (χ1) is 17.6. The van der Waals surface area contributed by atoms with Crippen molar-refractivity contribution >= 4 is 17.7 Å². The van der Waals surface area contributed by atoms with Gasteiger partial charge in [0.25, 0.3) is 0 Å². The van der Waals surface area contributed by atoms with E-state index in [1.165, 1.54) is 10.5 Å². The second kappa shape index (κ2) is 11.4. The van der Waals surface area contributed by atoms with E-state index < -0.39 is 48.4 Å². The van der Waals surface area contributed by atoms with Gasteiger partial charge in [0.2, 0.25) is 17.7 Å². The van der Waals surface area contributed by atoms with E-state index in [1.54, 1.807) is 14.0 Å². The van der Waals surface area contributed by atoms with E-state index in [1.807, 2.05) is 18.2 Å². The van der Waals surface area contributed by atoms with Gasteiger partial charge < -0.3 is 20.9 Å². The van der Waals surface area contributed by atoms with Gasteiger partial charge in [-0.3, -0.25) is 19.1 Å². The van der Waals surface area contributed by atoms with Crippen LogP contribution < -0.4 is 16.0 Å². The van der Waals surface area contributed by atoms with Gasteiger partial charge in [-0.2, -0.15) is 0 Å². The van der Waals surface area contributed by atoms with Crippen LogP contribution in [0, 0.1) is 0 Å². The van der Waals surface area contributed by atoms with Gasteiger partial charge in [0, 0.05) is 12.5 Å². The van der Waals surface area contributed by atoms with E-state index in [9.17, 15) is 27.6 Å². The smallest absolute Gasteiger partial charge is 0.347 e. The summed E-state index contributed by atoms with van der Waals surface area (Å²) in [7, 11) is 1.57. The number of hydrogen-bond donors (Lipinski definition) is 3. The largest absolute Gasteiger partial charge is 0.522 e. The molecule has 6 atom stereocenters. The maximum absolute atomic E-state index is 13.7. The zero-order valence-electron chi connectivity index (χ0n) is 21.1. The first-order valence-corrected chi connectivity index (χ1v) is 13.0. The van der Waals surface area contributed by atoms with E-state index in [0.29, 0.717) is 12.8 Å². The molecule has 2 aliphatic heterocycles. The molecule has 0 bridgehead atoms. The number of aryl methyl sites for hydroxylation is 1. The highest BCUT2D eigenvalue weighted by Gasteiger charge is 2.47. The molecule has 3 amide bonds. The van der Waals surface area contributed by atoms with E-state index >= 15 is 0 Å². The third kappa shape index (κ3) is 6.43. The fraction of sp³-hybridized carbons (Fsp3) is 0.654. The fourth-order valence-electron chi connectivity index (χ4n) is 5.81. The standard InChI is InChI=1S/C26H35F3N4O4/c1-15(30-2)23(34)32-21-14-18(37-26(27,28)29)12-10-17-11-13-22(33(17)25(21)36)24(35)31-20-9-5-7-16-6-3-4-8-19(16)20/h3-4,6,8,15,17-18,20-22,30H,5,7,9-14H2,1-2H3,(H,31,35)(H,32,34)/t15-,17-,18+,20+,21-,22-/m0/s1. The molecular weight excluding hydrogens is 489 g/mol. The quantitative estimate of drug-likeness (QED) is 0.532. The first-order valence-electron chi connectivity index (χ1n) is 13.0. The van der Waals surface area contributed by atoms with Gasteiger partial charge in [-0.25, -0.2) is 0 Å². The Bertz CT molecular complexity index is 1000. The molecular formula is C26H35F3N4O4. The van der Waals surface area contributed by atoms with Crippen molar-refractivity contribution in [2.75, 3.05) is 7.05 Å². The van der Waals surface area contributed by atoms with E-state index in [-0.39, 0.29) is 31.2 Å². The molecule has 204 valence electrons. The Kier molecular flexibility index (Phi) is 8.42. The van der Waals surface area contributed by atoms with E-state index in [4.69, 9.17) is 0 Å². The van der Waals surface area contributed by atoms with Crippen molar-refractivity contribution in [3.05, 3.63) is 35.4 Å². The second-order valence-electron chi connectivity index (χ2n) is 10.2. The zero-order chi connectivity index (χ0) is 26.7. The third-order valence-electron chi connectivity index (χ3n) is 7.81. The lowest BCUT2D eigenvalue weighted by atomic mass is 9.87. The molecule has 4 rings (SSSR count). The maximum atomic E-state index is 13.7. The second-order valence-corrected chi connectivity index (χ2v) is 10.2. The molecule has 0 unspecified atom stereocenters. The SMILES string of the molecule is CN[C@@H](C)C(=O)N[C@H]1C[C@H](OC(F)(F)F)CC[C@H]2CC[C@@H](C(=O)N[C@@H]3CCCc4ccccc43)N2C1=O. The highest BCUT2D eigenvalue weighted by atomic mass is 19.4. The number of alkyl halides is 3. The van der Waals surface area contributed by atoms with Crippen LogP contribution in [0.15, 0.2) is 24.3 Å². The predicted octanol–water partition coefficient (Wildman–Crippen LogP) is 2.72. The Morgan fingerprint density at radius 2 is 1.78 bits per heavy atom. The number of amides is 3. The molecule has 2 heterocycles. The lowest BCUT2D eigenvalue weighted by molar-refractivity contribution is -0.344. The van der Waals surface area contributed by atoms with Crippen molar-refractivity contribution in [1.29, 1.82) is 0 Å². The number of carbonyl (C=O) groups is 3. The average Bonchev–Trinajstić information content (AvgIpc) is 3.28. The van der Waals surface area contributed by atoms with Crippen LogP contribution in [-0.4, -0.2) is 66.3 Å². The van der Waals surface area contributed by atoms with Gasteiger partial charge >= 0.3 is 6.36 Å². The van der Waals surface area contributed by atoms with Gasteiger partial charge in [-0.05, 0) is 70.0 Å². The van der Waals surface area contributed by atoms with E-state index in [0.717, 1.165) is 24.8 Å². The molecule has 1 aliphatic carbocycles. The summed E-state index contributed by atoms with van der Waals surface area (Å²) in [5.41, 5.74) is 2.27. The summed E-state index contributed by atoms with van der Waals surface area (Å²) in [6.45, 7) is 1.59. The molecule has 8 nitrogen and oxygen atoms in total. The minimum atomic E-state index is -4.85. The molecule has 2 saturated heterocycles. The normalized spacial score (nSPS) is 28.9. The predicted molar refractivity (Wildman–Crippen MR) is 129 cm³/mol. The molecule has 1 aromatic rings. The summed E-state index contributed by atoms with van der Waals surface area (Å²) in [6, 6.07) is 4.79. The minimum Gasteiger partial charge on any atom is -0.347 e. The fourth-order valence-corrected chi connectivity index (χ4v) is 5.81. The van der Waals surface area contributed by atoms with Crippen molar-refractivity contribution in [3.8, 4) is 0 Å². The number of hydrogen-bond acceptors (Lipinski definition) is 5. The minimum absolute atomic E-state index is 0.0618. The van der Waals surface area contributed by atoms with Crippen molar-refractivity contribution in [1.82, 2.24) is 20.9 Å². The van der Waals surface area contributed by atoms with Crippen LogP contribution in [0.25, 0.3) is 0 Å². The van der Waals surface area contributed by atoms with Crippen molar-refractivity contribution in [2.45, 2.75) is 101 Å².